The van der Waals surface area contributed by atoms with Gasteiger partial charge in [0.25, 0.3) is 0 Å². The lowest BCUT2D eigenvalue weighted by atomic mass is 9.44. The molecule has 1 aromatic rings. The highest BCUT2D eigenvalue weighted by Gasteiger charge is 2.79. The number of hydroxylamine groups is 1. The number of carbonyl (C=O) groups is 3. The lowest BCUT2D eigenvalue weighted by Crippen LogP contribution is -2.70. The van der Waals surface area contributed by atoms with Crippen LogP contribution in [0.4, 0.5) is 19.3 Å². The lowest BCUT2D eigenvalue weighted by Gasteiger charge is -2.63. The summed E-state index contributed by atoms with van der Waals surface area (Å²) >= 11 is 6.05. The summed E-state index contributed by atoms with van der Waals surface area (Å²) in [6.45, 7) is 2.90. The molecule has 0 spiro atoms. The summed E-state index contributed by atoms with van der Waals surface area (Å²) in [5.41, 5.74) is -0.749. The molecular formula is C29H31ClF2N2O6. The van der Waals surface area contributed by atoms with Gasteiger partial charge in [-0.25, -0.2) is 13.6 Å². The molecule has 214 valence electrons. The van der Waals surface area contributed by atoms with E-state index in [1.54, 1.807) is 36.3 Å². The van der Waals surface area contributed by atoms with Crippen molar-refractivity contribution in [1.82, 2.24) is 0 Å². The minimum atomic E-state index is -2.29. The van der Waals surface area contributed by atoms with Crippen LogP contribution in [0.1, 0.15) is 33.1 Å². The first-order valence-corrected chi connectivity index (χ1v) is 13.8. The van der Waals surface area contributed by atoms with E-state index in [0.29, 0.717) is 17.1 Å². The number of rotatable bonds is 4. The molecule has 1 aliphatic heterocycles. The van der Waals surface area contributed by atoms with E-state index in [4.69, 9.17) is 26.9 Å². The molecule has 6 rings (SSSR count). The molecule has 11 heteroatoms. The van der Waals surface area contributed by atoms with Gasteiger partial charge in [-0.1, -0.05) is 24.6 Å². The zero-order valence-corrected chi connectivity index (χ0v) is 22.9. The van der Waals surface area contributed by atoms with Gasteiger partial charge in [0.2, 0.25) is 5.78 Å². The predicted molar refractivity (Wildman–Crippen MR) is 141 cm³/mol. The van der Waals surface area contributed by atoms with Crippen molar-refractivity contribution in [3.8, 4) is 0 Å². The molecule has 1 saturated heterocycles. The molecule has 9 atom stereocenters. The molecule has 0 aromatic heterocycles. The van der Waals surface area contributed by atoms with Gasteiger partial charge in [-0.3, -0.25) is 19.5 Å². The number of hydrogen-bond acceptors (Lipinski definition) is 7. The first kappa shape index (κ1) is 27.4. The number of amides is 1. The zero-order valence-electron chi connectivity index (χ0n) is 22.1. The van der Waals surface area contributed by atoms with Crippen molar-refractivity contribution >= 4 is 34.9 Å². The number of anilines is 1. The number of benzene rings is 1. The number of primary amides is 1. The summed E-state index contributed by atoms with van der Waals surface area (Å²) in [6.07, 6.45) is -0.675. The van der Waals surface area contributed by atoms with E-state index >= 15 is 8.78 Å². The average molecular weight is 577 g/mol. The average Bonchev–Trinajstić information content (AvgIpc) is 3.39. The quantitative estimate of drug-likeness (QED) is 0.555. The zero-order chi connectivity index (χ0) is 28.8. The third-order valence-electron chi connectivity index (χ3n) is 10.5. The molecule has 0 unspecified atom stereocenters. The van der Waals surface area contributed by atoms with Crippen molar-refractivity contribution in [3.63, 3.8) is 0 Å². The van der Waals surface area contributed by atoms with Gasteiger partial charge in [-0.2, -0.15) is 0 Å². The largest absolute Gasteiger partial charge is 0.442 e. The van der Waals surface area contributed by atoms with Crippen molar-refractivity contribution in [2.24, 2.45) is 34.3 Å². The second-order valence-corrected chi connectivity index (χ2v) is 12.6. The number of allylic oxidation sites excluding steroid dienone is 4. The van der Waals surface area contributed by atoms with E-state index in [1.807, 2.05) is 0 Å². The highest BCUT2D eigenvalue weighted by Crippen LogP contribution is 2.72. The maximum atomic E-state index is 17.5. The number of hydrogen-bond donors (Lipinski definition) is 2. The Balaban J connectivity index is 1.44. The van der Waals surface area contributed by atoms with Crippen molar-refractivity contribution < 1.29 is 37.8 Å². The molecule has 1 amide bonds. The van der Waals surface area contributed by atoms with Gasteiger partial charge >= 0.3 is 6.09 Å². The van der Waals surface area contributed by atoms with Gasteiger partial charge in [-0.15, -0.1) is 0 Å². The maximum absolute atomic E-state index is 17.5. The fraction of sp³-hybridized carbons (Fsp3) is 0.552. The molecular weight excluding hydrogens is 546 g/mol. The predicted octanol–water partition coefficient (Wildman–Crippen LogP) is 4.04. The fourth-order valence-electron chi connectivity index (χ4n) is 8.75. The van der Waals surface area contributed by atoms with Crippen molar-refractivity contribution in [3.05, 3.63) is 53.1 Å². The second-order valence-electron chi connectivity index (χ2n) is 12.2. The number of nitrogens with two attached hydrogens (primary N) is 1. The van der Waals surface area contributed by atoms with Gasteiger partial charge in [0.05, 0.1) is 18.3 Å². The number of alkyl halides is 2. The maximum Gasteiger partial charge on any atom is 0.404 e. The van der Waals surface area contributed by atoms with Crippen LogP contribution in [-0.2, 0) is 19.2 Å². The number of Topliss-reactive ketones (excluding diaryl/α,β-unsaturated/α-hetero) is 1. The molecule has 4 aliphatic carbocycles. The number of aliphatic hydroxyl groups excluding tert-OH is 1. The number of ketones is 2. The van der Waals surface area contributed by atoms with Gasteiger partial charge in [0, 0.05) is 27.7 Å². The Morgan fingerprint density at radius 2 is 1.93 bits per heavy atom. The Morgan fingerprint density at radius 1 is 1.23 bits per heavy atom. The number of nitrogens with zero attached hydrogens (tertiary/aromatic N) is 1. The topological polar surface area (TPSA) is 119 Å². The Morgan fingerprint density at radius 3 is 2.60 bits per heavy atom. The Kier molecular flexibility index (Phi) is 6.04. The lowest BCUT2D eigenvalue weighted by molar-refractivity contribution is -0.228. The normalized spacial score (nSPS) is 43.4. The Bertz CT molecular complexity index is 1350. The molecule has 8 nitrogen and oxygen atoms in total. The Hall–Kier alpha value is -2.82. The third-order valence-corrected chi connectivity index (χ3v) is 10.7. The highest BCUT2D eigenvalue weighted by molar-refractivity contribution is 6.30. The number of aliphatic hydroxyl groups is 1. The SMILES string of the molecule is C[C@]12C=CC(=O)C=C1[C@@H](F)C[C@H]1[C@@H]3C[C@H]4CN(c5ccc(Cl)cc5)O[C@@]4(C(=O)COC(N)=O)[C@@]3(C)C[C@H](O)[C@@]12F. The van der Waals surface area contributed by atoms with Gasteiger partial charge < -0.3 is 15.6 Å². The number of halogens is 3. The summed E-state index contributed by atoms with van der Waals surface area (Å²) in [5, 5.41) is 13.7. The third kappa shape index (κ3) is 3.39. The number of fused-ring (bicyclic) bond motifs is 7. The van der Waals surface area contributed by atoms with Gasteiger partial charge in [0.15, 0.2) is 23.7 Å². The van der Waals surface area contributed by atoms with Crippen LogP contribution in [0.2, 0.25) is 5.02 Å². The van der Waals surface area contributed by atoms with Crippen LogP contribution in [0, 0.1) is 28.6 Å². The smallest absolute Gasteiger partial charge is 0.404 e. The summed E-state index contributed by atoms with van der Waals surface area (Å²) in [6, 6.07) is 6.85. The van der Waals surface area contributed by atoms with Crippen LogP contribution in [-0.4, -0.2) is 59.5 Å². The second kappa shape index (κ2) is 8.84. The summed E-state index contributed by atoms with van der Waals surface area (Å²) in [5.74, 6) is -2.99. The molecule has 0 bridgehead atoms. The fourth-order valence-corrected chi connectivity index (χ4v) is 8.88. The van der Waals surface area contributed by atoms with Crippen LogP contribution in [0.3, 0.4) is 0 Å². The molecule has 3 N–H and O–H groups in total. The van der Waals surface area contributed by atoms with E-state index < -0.39 is 76.4 Å². The van der Waals surface area contributed by atoms with E-state index in [-0.39, 0.29) is 25.0 Å². The standard InChI is InChI=1S/C29H31ClF2N2O6/c1-26-8-7-18(35)10-21(26)22(31)11-20-19-9-15-13-34(17-5-3-16(30)4-6-17)40-29(15,24(37)14-39-25(33)38)27(19,2)12-23(36)28(20,26)32/h3-8,10,15,19-20,22-23,36H,9,11-14H2,1-2H3,(H2,33,38)/t15-,19-,20-,22-,23-,26-,27-,28-,29-/m0/s1. The molecule has 40 heavy (non-hydrogen) atoms. The molecule has 5 aliphatic rings. The minimum absolute atomic E-state index is 0.0328. The van der Waals surface area contributed by atoms with Crippen molar-refractivity contribution in [1.29, 1.82) is 0 Å². The van der Waals surface area contributed by atoms with Gasteiger partial charge in [0.1, 0.15) is 6.17 Å². The molecule has 1 aromatic carbocycles. The van der Waals surface area contributed by atoms with Crippen LogP contribution in [0.25, 0.3) is 0 Å². The van der Waals surface area contributed by atoms with Crippen LogP contribution in [0.5, 0.6) is 0 Å². The van der Waals surface area contributed by atoms with E-state index in [0.717, 1.165) is 6.08 Å². The first-order chi connectivity index (χ1) is 18.8. The van der Waals surface area contributed by atoms with E-state index in [1.165, 1.54) is 19.1 Å². The van der Waals surface area contributed by atoms with E-state index in [9.17, 15) is 19.5 Å². The summed E-state index contributed by atoms with van der Waals surface area (Å²) in [7, 11) is 0. The monoisotopic (exact) mass is 576 g/mol. The molecule has 3 saturated carbocycles. The van der Waals surface area contributed by atoms with Gasteiger partial charge in [-0.05, 0) is 74.1 Å². The number of carbonyl (C=O) groups excluding carboxylic acids is 3. The van der Waals surface area contributed by atoms with Crippen LogP contribution < -0.4 is 10.8 Å². The molecule has 0 radical (unpaired) electrons. The number of ether oxygens (including phenoxy) is 1. The van der Waals surface area contributed by atoms with E-state index in [2.05, 4.69) is 0 Å². The Labute approximate surface area is 235 Å². The van der Waals surface area contributed by atoms with Crippen molar-refractivity contribution in [2.45, 2.75) is 56.7 Å². The summed E-state index contributed by atoms with van der Waals surface area (Å²) < 4.78 is 38.2. The van der Waals surface area contributed by atoms with Crippen LogP contribution in [0.15, 0.2) is 48.1 Å². The summed E-state index contributed by atoms with van der Waals surface area (Å²) in [4.78, 5) is 44.0. The van der Waals surface area contributed by atoms with Crippen LogP contribution >= 0.6 is 11.6 Å². The molecule has 4 fully saturated rings. The minimum Gasteiger partial charge on any atom is -0.442 e. The first-order valence-electron chi connectivity index (χ1n) is 13.4. The highest BCUT2D eigenvalue weighted by atomic mass is 35.5. The van der Waals surface area contributed by atoms with Crippen molar-refractivity contribution in [2.75, 3.05) is 18.2 Å². The molecule has 1 heterocycles.